The number of benzene rings is 1. The Bertz CT molecular complexity index is 394. The Hall–Kier alpha value is -0.550. The normalized spacial score (nSPS) is 11.5. The first-order chi connectivity index (χ1) is 5.87. The molecule has 72 valence electrons. The summed E-state index contributed by atoms with van der Waals surface area (Å²) in [6.45, 7) is 0. The van der Waals surface area contributed by atoms with Crippen molar-refractivity contribution in [3.05, 3.63) is 28.2 Å². The van der Waals surface area contributed by atoms with Gasteiger partial charge >= 0.3 is 0 Å². The van der Waals surface area contributed by atoms with Gasteiger partial charge in [-0.25, -0.2) is 8.42 Å². The van der Waals surface area contributed by atoms with E-state index in [9.17, 15) is 8.42 Å². The topological polar surface area (TPSA) is 60.2 Å². The number of nitrogen functional groups attached to an aromatic ring is 1. The van der Waals surface area contributed by atoms with E-state index in [1.54, 1.807) is 18.2 Å². The summed E-state index contributed by atoms with van der Waals surface area (Å²) in [4.78, 5) is 0. The Balaban J connectivity index is 3.03. The van der Waals surface area contributed by atoms with Crippen LogP contribution in [0.1, 0.15) is 5.56 Å². The first-order valence-corrected chi connectivity index (χ1v) is 6.45. The van der Waals surface area contributed by atoms with Crippen LogP contribution in [0.2, 0.25) is 0 Å². The van der Waals surface area contributed by atoms with Crippen molar-refractivity contribution >= 4 is 31.5 Å². The van der Waals surface area contributed by atoms with Crippen molar-refractivity contribution < 1.29 is 8.42 Å². The predicted octanol–water partition coefficient (Wildman–Crippen LogP) is 1.58. The Morgan fingerprint density at radius 2 is 2.00 bits per heavy atom. The third kappa shape index (κ3) is 3.78. The smallest absolute Gasteiger partial charge is 0.151 e. The molecule has 1 aromatic rings. The molecule has 0 atom stereocenters. The van der Waals surface area contributed by atoms with Crippen molar-refractivity contribution in [1.82, 2.24) is 0 Å². The summed E-state index contributed by atoms with van der Waals surface area (Å²) in [5.74, 6) is 0.0244. The number of hydrogen-bond acceptors (Lipinski definition) is 3. The maximum Gasteiger partial charge on any atom is 0.151 e. The fourth-order valence-electron chi connectivity index (χ4n) is 1.06. The zero-order valence-electron chi connectivity index (χ0n) is 7.12. The van der Waals surface area contributed by atoms with Crippen LogP contribution < -0.4 is 5.73 Å². The first kappa shape index (κ1) is 10.5. The van der Waals surface area contributed by atoms with E-state index in [0.29, 0.717) is 11.3 Å². The van der Waals surface area contributed by atoms with E-state index >= 15 is 0 Å². The molecule has 0 saturated heterocycles. The second-order valence-electron chi connectivity index (χ2n) is 2.96. The summed E-state index contributed by atoms with van der Waals surface area (Å²) >= 11 is 3.25. The van der Waals surface area contributed by atoms with Crippen LogP contribution in [0.25, 0.3) is 0 Å². The third-order valence-corrected chi connectivity index (χ3v) is 2.72. The summed E-state index contributed by atoms with van der Waals surface area (Å²) in [5.41, 5.74) is 6.82. The van der Waals surface area contributed by atoms with Gasteiger partial charge in [0.05, 0.1) is 5.75 Å². The van der Waals surface area contributed by atoms with E-state index in [4.69, 9.17) is 5.73 Å². The molecule has 0 fully saturated rings. The number of halogens is 1. The monoisotopic (exact) mass is 263 g/mol. The highest BCUT2D eigenvalue weighted by Gasteiger charge is 2.05. The molecule has 0 aliphatic rings. The lowest BCUT2D eigenvalue weighted by atomic mass is 10.2. The van der Waals surface area contributed by atoms with Gasteiger partial charge in [-0.3, -0.25) is 0 Å². The van der Waals surface area contributed by atoms with E-state index in [-0.39, 0.29) is 5.75 Å². The molecule has 0 heterocycles. The zero-order chi connectivity index (χ0) is 10.1. The lowest BCUT2D eigenvalue weighted by Crippen LogP contribution is -2.01. The van der Waals surface area contributed by atoms with Gasteiger partial charge in [0.25, 0.3) is 0 Å². The van der Waals surface area contributed by atoms with Crippen LogP contribution in [0.5, 0.6) is 0 Å². The van der Waals surface area contributed by atoms with Crippen molar-refractivity contribution in [3.63, 3.8) is 0 Å². The molecule has 13 heavy (non-hydrogen) atoms. The highest BCUT2D eigenvalue weighted by atomic mass is 79.9. The molecular formula is C8H10BrNO2S. The molecule has 1 rings (SSSR count). The summed E-state index contributed by atoms with van der Waals surface area (Å²) in [6.07, 6.45) is 1.20. The zero-order valence-corrected chi connectivity index (χ0v) is 9.52. The fraction of sp³-hybridized carbons (Fsp3) is 0.250. The molecule has 0 aliphatic heterocycles. The van der Waals surface area contributed by atoms with E-state index in [1.807, 2.05) is 0 Å². The molecule has 3 nitrogen and oxygen atoms in total. The highest BCUT2D eigenvalue weighted by molar-refractivity contribution is 9.10. The van der Waals surface area contributed by atoms with Gasteiger partial charge in [0, 0.05) is 16.4 Å². The number of sulfone groups is 1. The number of rotatable bonds is 2. The van der Waals surface area contributed by atoms with Gasteiger partial charge in [-0.15, -0.1) is 0 Å². The van der Waals surface area contributed by atoms with E-state index in [1.165, 1.54) is 6.26 Å². The average Bonchev–Trinajstić information content (AvgIpc) is 1.78. The summed E-state index contributed by atoms with van der Waals surface area (Å²) in [5, 5.41) is 0. The molecule has 0 radical (unpaired) electrons. The molecule has 0 aromatic heterocycles. The Labute approximate surface area is 86.0 Å². The minimum absolute atomic E-state index is 0.0244. The van der Waals surface area contributed by atoms with Gasteiger partial charge in [0.1, 0.15) is 0 Å². The van der Waals surface area contributed by atoms with Crippen LogP contribution in [-0.4, -0.2) is 14.7 Å². The van der Waals surface area contributed by atoms with Crippen LogP contribution in [0.3, 0.4) is 0 Å². The Kier molecular flexibility index (Phi) is 2.98. The van der Waals surface area contributed by atoms with Gasteiger partial charge in [0.2, 0.25) is 0 Å². The minimum Gasteiger partial charge on any atom is -0.399 e. The van der Waals surface area contributed by atoms with Crippen molar-refractivity contribution in [2.45, 2.75) is 5.75 Å². The Morgan fingerprint density at radius 1 is 1.38 bits per heavy atom. The van der Waals surface area contributed by atoms with Crippen molar-refractivity contribution in [2.75, 3.05) is 12.0 Å². The fourth-order valence-corrected chi connectivity index (χ4v) is 2.39. The molecule has 0 bridgehead atoms. The maximum absolute atomic E-state index is 11.0. The van der Waals surface area contributed by atoms with E-state index in [2.05, 4.69) is 15.9 Å². The first-order valence-electron chi connectivity index (χ1n) is 3.59. The second-order valence-corrected chi connectivity index (χ2v) is 6.02. The van der Waals surface area contributed by atoms with Crippen LogP contribution in [-0.2, 0) is 15.6 Å². The van der Waals surface area contributed by atoms with Crippen LogP contribution >= 0.6 is 15.9 Å². The Morgan fingerprint density at radius 3 is 2.46 bits per heavy atom. The average molecular weight is 264 g/mol. The van der Waals surface area contributed by atoms with Crippen molar-refractivity contribution in [3.8, 4) is 0 Å². The molecule has 0 aliphatic carbocycles. The lowest BCUT2D eigenvalue weighted by Gasteiger charge is -2.02. The third-order valence-electron chi connectivity index (χ3n) is 1.41. The largest absolute Gasteiger partial charge is 0.399 e. The van der Waals surface area contributed by atoms with Crippen LogP contribution in [0.15, 0.2) is 22.7 Å². The molecule has 0 amide bonds. The van der Waals surface area contributed by atoms with Crippen LogP contribution in [0.4, 0.5) is 5.69 Å². The molecular weight excluding hydrogens is 254 g/mol. The van der Waals surface area contributed by atoms with Crippen molar-refractivity contribution in [2.24, 2.45) is 0 Å². The molecule has 2 N–H and O–H groups in total. The molecule has 0 spiro atoms. The second kappa shape index (κ2) is 3.67. The quantitative estimate of drug-likeness (QED) is 0.825. The standard InChI is InChI=1S/C8H10BrNO2S/c1-13(11,12)5-6-2-7(9)4-8(10)3-6/h2-4H,5,10H2,1H3. The van der Waals surface area contributed by atoms with Crippen molar-refractivity contribution in [1.29, 1.82) is 0 Å². The number of anilines is 1. The predicted molar refractivity (Wildman–Crippen MR) is 57.1 cm³/mol. The lowest BCUT2D eigenvalue weighted by molar-refractivity contribution is 0.601. The molecule has 1 aromatic carbocycles. The molecule has 5 heteroatoms. The maximum atomic E-state index is 11.0. The SMILES string of the molecule is CS(=O)(=O)Cc1cc(N)cc(Br)c1. The summed E-state index contributed by atoms with van der Waals surface area (Å²) in [7, 11) is -2.99. The number of nitrogens with two attached hydrogens (primary N) is 1. The van der Waals surface area contributed by atoms with Gasteiger partial charge < -0.3 is 5.73 Å². The summed E-state index contributed by atoms with van der Waals surface area (Å²) < 4.78 is 22.7. The van der Waals surface area contributed by atoms with Gasteiger partial charge in [-0.05, 0) is 23.8 Å². The molecule has 0 unspecified atom stereocenters. The minimum atomic E-state index is -2.99. The summed E-state index contributed by atoms with van der Waals surface area (Å²) in [6, 6.07) is 5.13. The van der Waals surface area contributed by atoms with Crippen LogP contribution in [0, 0.1) is 0 Å². The van der Waals surface area contributed by atoms with E-state index < -0.39 is 9.84 Å². The highest BCUT2D eigenvalue weighted by Crippen LogP contribution is 2.18. The van der Waals surface area contributed by atoms with Gasteiger partial charge in [-0.1, -0.05) is 15.9 Å². The van der Waals surface area contributed by atoms with Gasteiger partial charge in [-0.2, -0.15) is 0 Å². The number of hydrogen-bond donors (Lipinski definition) is 1. The molecule has 0 saturated carbocycles. The van der Waals surface area contributed by atoms with E-state index in [0.717, 1.165) is 4.47 Å². The van der Waals surface area contributed by atoms with Gasteiger partial charge in [0.15, 0.2) is 9.84 Å².